The van der Waals surface area contributed by atoms with Crippen LogP contribution in [0.3, 0.4) is 0 Å². The Balaban J connectivity index is 2.76. The van der Waals surface area contributed by atoms with Gasteiger partial charge in [-0.25, -0.2) is 4.18 Å². The Morgan fingerprint density at radius 1 is 0.778 bits per heavy atom. The maximum absolute atomic E-state index is 13.2. The van der Waals surface area contributed by atoms with Crippen LogP contribution >= 0.6 is 10.6 Å². The molecule has 2 aliphatic rings. The van der Waals surface area contributed by atoms with Gasteiger partial charge in [-0.05, 0) is 12.8 Å². The zero-order valence-electron chi connectivity index (χ0n) is 12.6. The van der Waals surface area contributed by atoms with Crippen molar-refractivity contribution in [2.24, 2.45) is 10.9 Å². The molecule has 2 aliphatic heterocycles. The van der Waals surface area contributed by atoms with Crippen LogP contribution in [0.15, 0.2) is 4.99 Å². The highest BCUT2D eigenvalue weighted by atomic mass is 32.3. The highest BCUT2D eigenvalue weighted by Gasteiger charge is 2.78. The topological polar surface area (TPSA) is 30.8 Å². The van der Waals surface area contributed by atoms with Gasteiger partial charge in [0.2, 0.25) is 11.8 Å². The molecule has 0 saturated carbocycles. The van der Waals surface area contributed by atoms with E-state index in [2.05, 4.69) is 8.37 Å². The maximum atomic E-state index is 13.2. The van der Waals surface area contributed by atoms with Gasteiger partial charge in [0, 0.05) is 11.5 Å². The Kier molecular flexibility index (Phi) is 5.12. The van der Waals surface area contributed by atoms with Crippen LogP contribution in [0, 0.1) is 5.92 Å². The molecule has 0 aromatic heterocycles. The van der Waals surface area contributed by atoms with Crippen LogP contribution in [-0.4, -0.2) is 47.8 Å². The summed E-state index contributed by atoms with van der Waals surface area (Å²) >= 11 is 0. The van der Waals surface area contributed by atoms with E-state index >= 15 is 0 Å². The van der Waals surface area contributed by atoms with E-state index in [4.69, 9.17) is 0 Å². The predicted molar refractivity (Wildman–Crippen MR) is 66.6 cm³/mol. The minimum Gasteiger partial charge on any atom is -0.375 e. The second kappa shape index (κ2) is 6.22. The van der Waals surface area contributed by atoms with Crippen LogP contribution < -0.4 is 0 Å². The standard InChI is InChI=1S/C11H9F12NO2S/c12-7(13,14)5(8(15,16)17)6-24-9(10(18,19)20,11(21,22)23)26-27(25-6)3-1-2-4-27/h5H,1-4H2. The van der Waals surface area contributed by atoms with Gasteiger partial charge in [0.05, 0.1) is 0 Å². The highest BCUT2D eigenvalue weighted by molar-refractivity contribution is 8.26. The molecule has 16 heteroatoms. The predicted octanol–water partition coefficient (Wildman–Crippen LogP) is 5.42. The summed E-state index contributed by atoms with van der Waals surface area (Å²) in [6.45, 7) is 0. The molecule has 27 heavy (non-hydrogen) atoms. The number of hydrogen-bond acceptors (Lipinski definition) is 3. The summed E-state index contributed by atoms with van der Waals surface area (Å²) in [6.07, 6.45) is -25.8. The number of aliphatic imine (C=N–C) groups is 1. The van der Waals surface area contributed by atoms with Gasteiger partial charge in [-0.15, -0.1) is 10.6 Å². The van der Waals surface area contributed by atoms with Gasteiger partial charge in [-0.1, -0.05) is 0 Å². The van der Waals surface area contributed by atoms with Crippen molar-refractivity contribution in [2.75, 3.05) is 11.5 Å². The van der Waals surface area contributed by atoms with Crippen molar-refractivity contribution in [1.29, 1.82) is 0 Å². The van der Waals surface area contributed by atoms with Gasteiger partial charge in [0.15, 0.2) is 0 Å². The number of rotatable bonds is 1. The van der Waals surface area contributed by atoms with Gasteiger partial charge < -0.3 is 4.18 Å². The summed E-state index contributed by atoms with van der Waals surface area (Å²) in [5, 5.41) is 0. The SMILES string of the molecule is FC(F)(F)C(C1=NC(C(F)(F)F)(C(F)(F)F)OS2(CCCC2)O1)C(F)(F)F. The molecular weight excluding hydrogens is 438 g/mol. The van der Waals surface area contributed by atoms with Gasteiger partial charge >= 0.3 is 30.4 Å². The lowest BCUT2D eigenvalue weighted by Crippen LogP contribution is -2.61. The van der Waals surface area contributed by atoms with E-state index < -0.39 is 64.3 Å². The largest absolute Gasteiger partial charge is 0.450 e. The number of alkyl halides is 12. The molecule has 0 atom stereocenters. The van der Waals surface area contributed by atoms with Crippen LogP contribution in [0.4, 0.5) is 52.7 Å². The number of hydrogen-bond donors (Lipinski definition) is 0. The second-order valence-electron chi connectivity index (χ2n) is 5.63. The van der Waals surface area contributed by atoms with E-state index in [-0.39, 0.29) is 12.8 Å². The lowest BCUT2D eigenvalue weighted by Gasteiger charge is -2.50. The van der Waals surface area contributed by atoms with Crippen LogP contribution in [0.5, 0.6) is 0 Å². The fourth-order valence-electron chi connectivity index (χ4n) is 2.46. The quantitative estimate of drug-likeness (QED) is 0.503. The average Bonchev–Trinajstić information content (AvgIpc) is 2.79. The van der Waals surface area contributed by atoms with Crippen LogP contribution in [0.2, 0.25) is 0 Å². The molecule has 0 unspecified atom stereocenters. The maximum Gasteiger partial charge on any atom is 0.450 e. The molecule has 1 fully saturated rings. The Bertz CT molecular complexity index is 570. The lowest BCUT2D eigenvalue weighted by atomic mass is 10.1. The molecule has 0 aromatic carbocycles. The van der Waals surface area contributed by atoms with Gasteiger partial charge in [-0.2, -0.15) is 57.7 Å². The Morgan fingerprint density at radius 3 is 1.52 bits per heavy atom. The molecule has 0 aromatic rings. The first-order valence-electron chi connectivity index (χ1n) is 6.90. The van der Waals surface area contributed by atoms with Gasteiger partial charge in [-0.3, -0.25) is 0 Å². The van der Waals surface area contributed by atoms with Crippen LogP contribution in [-0.2, 0) is 8.37 Å². The van der Waals surface area contributed by atoms with Crippen LogP contribution in [0.25, 0.3) is 0 Å². The van der Waals surface area contributed by atoms with Crippen molar-refractivity contribution in [2.45, 2.75) is 43.3 Å². The normalized spacial score (nSPS) is 24.7. The van der Waals surface area contributed by atoms with Gasteiger partial charge in [0.25, 0.3) is 0 Å². The van der Waals surface area contributed by atoms with E-state index in [9.17, 15) is 52.7 Å². The number of halogens is 12. The molecule has 1 saturated heterocycles. The fourth-order valence-corrected chi connectivity index (χ4v) is 5.43. The smallest absolute Gasteiger partial charge is 0.375 e. The summed E-state index contributed by atoms with van der Waals surface area (Å²) in [5.74, 6) is -8.89. The van der Waals surface area contributed by atoms with Crippen LogP contribution in [0.1, 0.15) is 12.8 Å². The van der Waals surface area contributed by atoms with Crippen molar-refractivity contribution in [3.05, 3.63) is 0 Å². The molecule has 0 bridgehead atoms. The first-order chi connectivity index (χ1) is 11.8. The van der Waals surface area contributed by atoms with E-state index in [0.717, 1.165) is 0 Å². The molecule has 1 spiro atoms. The Hall–Kier alpha value is -1.06. The first kappa shape index (κ1) is 22.2. The van der Waals surface area contributed by atoms with Crippen molar-refractivity contribution in [1.82, 2.24) is 0 Å². The second-order valence-corrected chi connectivity index (χ2v) is 8.27. The number of nitrogens with zero attached hydrogens (tertiary/aromatic N) is 1. The molecule has 0 aliphatic carbocycles. The molecule has 0 radical (unpaired) electrons. The van der Waals surface area contributed by atoms with E-state index in [1.165, 1.54) is 0 Å². The van der Waals surface area contributed by atoms with Crippen molar-refractivity contribution in [3.8, 4) is 0 Å². The minimum absolute atomic E-state index is 0.100. The zero-order valence-corrected chi connectivity index (χ0v) is 13.4. The molecule has 0 N–H and O–H groups in total. The lowest BCUT2D eigenvalue weighted by molar-refractivity contribution is -0.356. The Morgan fingerprint density at radius 2 is 1.19 bits per heavy atom. The third kappa shape index (κ3) is 3.91. The van der Waals surface area contributed by atoms with Crippen molar-refractivity contribution < 1.29 is 61.1 Å². The summed E-state index contributed by atoms with van der Waals surface area (Å²) in [7, 11) is -4.02. The fraction of sp³-hybridized carbons (Fsp3) is 0.909. The summed E-state index contributed by atoms with van der Waals surface area (Å²) < 4.78 is 165. The minimum atomic E-state index is -6.48. The first-order valence-corrected chi connectivity index (χ1v) is 8.72. The average molecular weight is 447 g/mol. The van der Waals surface area contributed by atoms with E-state index in [1.54, 1.807) is 4.99 Å². The third-order valence-electron chi connectivity index (χ3n) is 3.61. The van der Waals surface area contributed by atoms with Crippen molar-refractivity contribution in [3.63, 3.8) is 0 Å². The molecule has 2 heterocycles. The zero-order chi connectivity index (χ0) is 21.1. The molecular formula is C11H9F12NO2S. The highest BCUT2D eigenvalue weighted by Crippen LogP contribution is 2.66. The third-order valence-corrected chi connectivity index (χ3v) is 6.45. The van der Waals surface area contributed by atoms with E-state index in [1.807, 2.05) is 0 Å². The summed E-state index contributed by atoms with van der Waals surface area (Å²) in [5.41, 5.74) is -5.58. The summed E-state index contributed by atoms with van der Waals surface area (Å²) in [6, 6.07) is 0. The van der Waals surface area contributed by atoms with Crippen molar-refractivity contribution >= 4 is 16.5 Å². The molecule has 3 nitrogen and oxygen atoms in total. The summed E-state index contributed by atoms with van der Waals surface area (Å²) in [4.78, 5) is 1.71. The Labute approximate surface area is 144 Å². The van der Waals surface area contributed by atoms with E-state index in [0.29, 0.717) is 0 Å². The molecule has 0 amide bonds. The van der Waals surface area contributed by atoms with Gasteiger partial charge in [0.1, 0.15) is 0 Å². The molecule has 160 valence electrons. The molecule has 2 rings (SSSR count). The monoisotopic (exact) mass is 447 g/mol.